The first-order chi connectivity index (χ1) is 7.26. The number of hydrogen-bond acceptors (Lipinski definition) is 4. The van der Waals surface area contributed by atoms with E-state index in [1.807, 2.05) is 0 Å². The summed E-state index contributed by atoms with van der Waals surface area (Å²) in [5.41, 5.74) is 5.42. The van der Waals surface area contributed by atoms with Crippen molar-refractivity contribution >= 4 is 5.91 Å². The Hall–Kier alpha value is -0.650. The molecule has 0 aliphatic carbocycles. The second-order valence-corrected chi connectivity index (χ2v) is 3.74. The molecule has 1 amide bonds. The van der Waals surface area contributed by atoms with Crippen molar-refractivity contribution in [2.75, 3.05) is 26.8 Å². The molecule has 0 spiro atoms. The predicted octanol–water partition coefficient (Wildman–Crippen LogP) is -0.355. The highest BCUT2D eigenvalue weighted by atomic mass is 16.5. The Bertz CT molecular complexity index is 189. The molecule has 0 aromatic carbocycles. The average molecular weight is 216 g/mol. The van der Waals surface area contributed by atoms with Crippen LogP contribution in [0.2, 0.25) is 0 Å². The van der Waals surface area contributed by atoms with Crippen LogP contribution in [0, 0.1) is 0 Å². The lowest BCUT2D eigenvalue weighted by Crippen LogP contribution is -2.36. The molecule has 0 radical (unpaired) electrons. The molecular weight excluding hydrogens is 196 g/mol. The van der Waals surface area contributed by atoms with Gasteiger partial charge < -0.3 is 20.5 Å². The third-order valence-corrected chi connectivity index (χ3v) is 2.56. The number of methoxy groups -OCH3 is 1. The maximum atomic E-state index is 11.4. The molecule has 5 heteroatoms. The quantitative estimate of drug-likeness (QED) is 0.636. The van der Waals surface area contributed by atoms with Gasteiger partial charge in [0.15, 0.2) is 0 Å². The van der Waals surface area contributed by atoms with Crippen LogP contribution >= 0.6 is 0 Å². The molecule has 0 saturated carbocycles. The second-order valence-electron chi connectivity index (χ2n) is 3.74. The van der Waals surface area contributed by atoms with E-state index in [2.05, 4.69) is 5.32 Å². The van der Waals surface area contributed by atoms with Crippen molar-refractivity contribution in [2.24, 2.45) is 5.73 Å². The lowest BCUT2D eigenvalue weighted by molar-refractivity contribution is -0.123. The molecule has 0 bridgehead atoms. The van der Waals surface area contributed by atoms with Gasteiger partial charge in [-0.15, -0.1) is 0 Å². The van der Waals surface area contributed by atoms with E-state index in [9.17, 15) is 4.79 Å². The van der Waals surface area contributed by atoms with Crippen LogP contribution in [0.15, 0.2) is 0 Å². The van der Waals surface area contributed by atoms with Gasteiger partial charge in [-0.2, -0.15) is 0 Å². The van der Waals surface area contributed by atoms with Gasteiger partial charge in [0, 0.05) is 26.8 Å². The molecule has 1 aliphatic heterocycles. The van der Waals surface area contributed by atoms with Crippen LogP contribution < -0.4 is 11.1 Å². The van der Waals surface area contributed by atoms with E-state index < -0.39 is 0 Å². The number of rotatable bonds is 6. The van der Waals surface area contributed by atoms with Crippen molar-refractivity contribution in [3.8, 4) is 0 Å². The number of nitrogens with one attached hydrogen (secondary N) is 1. The Balaban J connectivity index is 2.11. The Labute approximate surface area is 90.3 Å². The number of carbonyl (C=O) groups excluding carboxylic acids is 1. The summed E-state index contributed by atoms with van der Waals surface area (Å²) in [4.78, 5) is 11.4. The first-order valence-electron chi connectivity index (χ1n) is 5.37. The molecule has 1 heterocycles. The predicted molar refractivity (Wildman–Crippen MR) is 56.5 cm³/mol. The third kappa shape index (κ3) is 4.59. The highest BCUT2D eigenvalue weighted by molar-refractivity contribution is 5.76. The minimum atomic E-state index is -0.186. The van der Waals surface area contributed by atoms with Gasteiger partial charge in [0.2, 0.25) is 5.91 Å². The van der Waals surface area contributed by atoms with Gasteiger partial charge in [0.05, 0.1) is 18.6 Å². The molecule has 0 aromatic heterocycles. The monoisotopic (exact) mass is 216 g/mol. The highest BCUT2D eigenvalue weighted by Crippen LogP contribution is 2.10. The molecule has 1 aliphatic rings. The van der Waals surface area contributed by atoms with E-state index in [0.29, 0.717) is 19.5 Å². The third-order valence-electron chi connectivity index (χ3n) is 2.56. The maximum absolute atomic E-state index is 11.4. The van der Waals surface area contributed by atoms with Crippen molar-refractivity contribution in [1.82, 2.24) is 5.32 Å². The zero-order valence-corrected chi connectivity index (χ0v) is 9.20. The Kier molecular flexibility index (Phi) is 5.60. The fourth-order valence-electron chi connectivity index (χ4n) is 1.57. The van der Waals surface area contributed by atoms with E-state index in [-0.39, 0.29) is 18.1 Å². The zero-order valence-electron chi connectivity index (χ0n) is 9.20. The maximum Gasteiger partial charge on any atom is 0.222 e. The van der Waals surface area contributed by atoms with Gasteiger partial charge in [0.1, 0.15) is 0 Å². The van der Waals surface area contributed by atoms with E-state index in [4.69, 9.17) is 15.2 Å². The SMILES string of the molecule is COC(CN)CC(=O)NCC1CCCO1. The van der Waals surface area contributed by atoms with Crippen LogP contribution in [0.25, 0.3) is 0 Å². The van der Waals surface area contributed by atoms with Gasteiger partial charge in [-0.05, 0) is 12.8 Å². The smallest absolute Gasteiger partial charge is 0.222 e. The van der Waals surface area contributed by atoms with Crippen LogP contribution in [0.5, 0.6) is 0 Å². The minimum Gasteiger partial charge on any atom is -0.380 e. The standard InChI is InChI=1S/C10H20N2O3/c1-14-9(6-11)5-10(13)12-7-8-3-2-4-15-8/h8-9H,2-7,11H2,1H3,(H,12,13). The van der Waals surface area contributed by atoms with Crippen LogP contribution in [0.3, 0.4) is 0 Å². The molecule has 3 N–H and O–H groups in total. The second kappa shape index (κ2) is 6.76. The summed E-state index contributed by atoms with van der Waals surface area (Å²) in [7, 11) is 1.56. The number of hydrogen-bond donors (Lipinski definition) is 2. The summed E-state index contributed by atoms with van der Waals surface area (Å²) in [5, 5.41) is 2.82. The molecule has 2 atom stereocenters. The van der Waals surface area contributed by atoms with Crippen LogP contribution in [0.4, 0.5) is 0 Å². The number of amides is 1. The van der Waals surface area contributed by atoms with Gasteiger partial charge in [-0.3, -0.25) is 4.79 Å². The zero-order chi connectivity index (χ0) is 11.1. The van der Waals surface area contributed by atoms with Crippen LogP contribution in [-0.4, -0.2) is 44.9 Å². The van der Waals surface area contributed by atoms with Crippen molar-refractivity contribution in [1.29, 1.82) is 0 Å². The molecule has 2 unspecified atom stereocenters. The Morgan fingerprint density at radius 2 is 2.53 bits per heavy atom. The first kappa shape index (κ1) is 12.4. The van der Waals surface area contributed by atoms with Gasteiger partial charge in [-0.25, -0.2) is 0 Å². The van der Waals surface area contributed by atoms with E-state index >= 15 is 0 Å². The van der Waals surface area contributed by atoms with Gasteiger partial charge in [-0.1, -0.05) is 0 Å². The molecule has 0 aromatic rings. The van der Waals surface area contributed by atoms with Crippen LogP contribution in [0.1, 0.15) is 19.3 Å². The largest absolute Gasteiger partial charge is 0.380 e. The minimum absolute atomic E-state index is 0.0252. The molecule has 1 saturated heterocycles. The lowest BCUT2D eigenvalue weighted by atomic mass is 10.2. The van der Waals surface area contributed by atoms with Crippen LogP contribution in [-0.2, 0) is 14.3 Å². The molecule has 1 rings (SSSR count). The molecule has 1 fully saturated rings. The first-order valence-corrected chi connectivity index (χ1v) is 5.37. The summed E-state index contributed by atoms with van der Waals surface area (Å²) in [6.07, 6.45) is 2.44. The normalized spacial score (nSPS) is 22.7. The van der Waals surface area contributed by atoms with E-state index in [0.717, 1.165) is 19.4 Å². The number of carbonyl (C=O) groups is 1. The molecule has 15 heavy (non-hydrogen) atoms. The molecular formula is C10H20N2O3. The summed E-state index contributed by atoms with van der Waals surface area (Å²) in [6, 6.07) is 0. The average Bonchev–Trinajstić information content (AvgIpc) is 2.75. The number of nitrogens with two attached hydrogens (primary N) is 1. The van der Waals surface area contributed by atoms with Crippen molar-refractivity contribution in [3.05, 3.63) is 0 Å². The fourth-order valence-corrected chi connectivity index (χ4v) is 1.57. The van der Waals surface area contributed by atoms with Gasteiger partial charge in [0.25, 0.3) is 0 Å². The topological polar surface area (TPSA) is 73.6 Å². The highest BCUT2D eigenvalue weighted by Gasteiger charge is 2.17. The summed E-state index contributed by atoms with van der Waals surface area (Å²) < 4.78 is 10.4. The lowest BCUT2D eigenvalue weighted by Gasteiger charge is -2.14. The van der Waals surface area contributed by atoms with Crippen molar-refractivity contribution < 1.29 is 14.3 Å². The fraction of sp³-hybridized carbons (Fsp3) is 0.900. The molecule has 5 nitrogen and oxygen atoms in total. The van der Waals surface area contributed by atoms with Crippen molar-refractivity contribution in [3.63, 3.8) is 0 Å². The Morgan fingerprint density at radius 1 is 1.73 bits per heavy atom. The molecule has 88 valence electrons. The number of ether oxygens (including phenoxy) is 2. The summed E-state index contributed by atoms with van der Waals surface area (Å²) in [6.45, 7) is 1.77. The van der Waals surface area contributed by atoms with Crippen molar-refractivity contribution in [2.45, 2.75) is 31.5 Å². The van der Waals surface area contributed by atoms with Gasteiger partial charge >= 0.3 is 0 Å². The summed E-state index contributed by atoms with van der Waals surface area (Å²) >= 11 is 0. The summed E-state index contributed by atoms with van der Waals surface area (Å²) in [5.74, 6) is -0.0252. The van der Waals surface area contributed by atoms with E-state index in [1.165, 1.54) is 0 Å². The Morgan fingerprint density at radius 3 is 3.07 bits per heavy atom. The van der Waals surface area contributed by atoms with E-state index in [1.54, 1.807) is 7.11 Å².